The molecule has 0 spiro atoms. The SMILES string of the molecule is CNCc1cc(Cl)c2c(c1)ncn2C(C)C. The highest BCUT2D eigenvalue weighted by Crippen LogP contribution is 2.27. The van der Waals surface area contributed by atoms with Gasteiger partial charge in [0.2, 0.25) is 0 Å². The summed E-state index contributed by atoms with van der Waals surface area (Å²) in [6.07, 6.45) is 1.85. The highest BCUT2D eigenvalue weighted by Gasteiger charge is 2.10. The average molecular weight is 238 g/mol. The van der Waals surface area contributed by atoms with Crippen LogP contribution in [0.3, 0.4) is 0 Å². The largest absolute Gasteiger partial charge is 0.327 e. The molecule has 2 aromatic rings. The molecule has 0 saturated heterocycles. The highest BCUT2D eigenvalue weighted by molar-refractivity contribution is 6.35. The Labute approximate surface area is 100 Å². The van der Waals surface area contributed by atoms with Crippen LogP contribution >= 0.6 is 11.6 Å². The van der Waals surface area contributed by atoms with Crippen LogP contribution in [0.2, 0.25) is 5.02 Å². The first-order chi connectivity index (χ1) is 7.63. The van der Waals surface area contributed by atoms with E-state index in [0.717, 1.165) is 28.2 Å². The van der Waals surface area contributed by atoms with Gasteiger partial charge in [0, 0.05) is 12.6 Å². The maximum atomic E-state index is 6.30. The number of halogens is 1. The molecule has 0 fully saturated rings. The number of fused-ring (bicyclic) bond motifs is 1. The third-order valence-corrected chi connectivity index (χ3v) is 2.91. The summed E-state index contributed by atoms with van der Waals surface area (Å²) in [5.74, 6) is 0. The van der Waals surface area contributed by atoms with Gasteiger partial charge in [-0.1, -0.05) is 11.6 Å². The second-order valence-corrected chi connectivity index (χ2v) is 4.63. The van der Waals surface area contributed by atoms with E-state index in [1.54, 1.807) is 0 Å². The quantitative estimate of drug-likeness (QED) is 0.890. The molecule has 0 aliphatic carbocycles. The molecular formula is C12H16ClN3. The summed E-state index contributed by atoms with van der Waals surface area (Å²) in [5, 5.41) is 3.88. The lowest BCUT2D eigenvalue weighted by Crippen LogP contribution is -2.05. The number of hydrogen-bond acceptors (Lipinski definition) is 2. The third kappa shape index (κ3) is 1.93. The Kier molecular flexibility index (Phi) is 3.17. The maximum Gasteiger partial charge on any atom is 0.0961 e. The van der Waals surface area contributed by atoms with Crippen molar-refractivity contribution in [2.45, 2.75) is 26.4 Å². The van der Waals surface area contributed by atoms with Gasteiger partial charge < -0.3 is 9.88 Å². The summed E-state index contributed by atoms with van der Waals surface area (Å²) < 4.78 is 2.10. The summed E-state index contributed by atoms with van der Waals surface area (Å²) >= 11 is 6.30. The Bertz CT molecular complexity index is 502. The smallest absolute Gasteiger partial charge is 0.0961 e. The van der Waals surface area contributed by atoms with Crippen molar-refractivity contribution in [1.29, 1.82) is 0 Å². The molecule has 0 radical (unpaired) electrons. The van der Waals surface area contributed by atoms with Gasteiger partial charge in [-0.3, -0.25) is 0 Å². The first-order valence-electron chi connectivity index (χ1n) is 5.43. The van der Waals surface area contributed by atoms with Gasteiger partial charge in [0.15, 0.2) is 0 Å². The van der Waals surface area contributed by atoms with Crippen molar-refractivity contribution in [2.24, 2.45) is 0 Å². The van der Waals surface area contributed by atoms with Crippen LogP contribution in [0.5, 0.6) is 0 Å². The van der Waals surface area contributed by atoms with Crippen molar-refractivity contribution in [3.63, 3.8) is 0 Å². The Morgan fingerprint density at radius 3 is 2.81 bits per heavy atom. The number of hydrogen-bond donors (Lipinski definition) is 1. The van der Waals surface area contributed by atoms with Crippen LogP contribution in [0.4, 0.5) is 0 Å². The lowest BCUT2D eigenvalue weighted by atomic mass is 10.2. The van der Waals surface area contributed by atoms with Crippen LogP contribution in [0.1, 0.15) is 25.5 Å². The van der Waals surface area contributed by atoms with Crippen LogP contribution in [0.15, 0.2) is 18.5 Å². The molecule has 0 aliphatic heterocycles. The predicted octanol–water partition coefficient (Wildman–Crippen LogP) is 2.99. The van der Waals surface area contributed by atoms with Crippen LogP contribution in [0, 0.1) is 0 Å². The molecule has 0 amide bonds. The number of nitrogens with zero attached hydrogens (tertiary/aromatic N) is 2. The second kappa shape index (κ2) is 4.44. The zero-order valence-corrected chi connectivity index (χ0v) is 10.5. The molecule has 3 nitrogen and oxygen atoms in total. The van der Waals surface area contributed by atoms with E-state index in [9.17, 15) is 0 Å². The van der Waals surface area contributed by atoms with Gasteiger partial charge in [0.05, 0.1) is 22.4 Å². The topological polar surface area (TPSA) is 29.9 Å². The Morgan fingerprint density at radius 1 is 1.44 bits per heavy atom. The van der Waals surface area contributed by atoms with Crippen molar-refractivity contribution >= 4 is 22.6 Å². The summed E-state index contributed by atoms with van der Waals surface area (Å²) in [5.41, 5.74) is 3.15. The van der Waals surface area contributed by atoms with Gasteiger partial charge in [-0.05, 0) is 38.6 Å². The minimum atomic E-state index is 0.373. The van der Waals surface area contributed by atoms with E-state index in [2.05, 4.69) is 34.8 Å². The normalized spacial score (nSPS) is 11.6. The molecule has 86 valence electrons. The molecule has 0 bridgehead atoms. The Hall–Kier alpha value is -1.06. The van der Waals surface area contributed by atoms with Crippen LogP contribution in [-0.4, -0.2) is 16.6 Å². The Balaban J connectivity index is 2.59. The van der Waals surface area contributed by atoms with Crippen molar-refractivity contribution in [2.75, 3.05) is 7.05 Å². The predicted molar refractivity (Wildman–Crippen MR) is 67.9 cm³/mol. The van der Waals surface area contributed by atoms with E-state index in [4.69, 9.17) is 11.6 Å². The highest BCUT2D eigenvalue weighted by atomic mass is 35.5. The van der Waals surface area contributed by atoms with Crippen LogP contribution < -0.4 is 5.32 Å². The zero-order valence-electron chi connectivity index (χ0n) is 9.79. The second-order valence-electron chi connectivity index (χ2n) is 4.22. The lowest BCUT2D eigenvalue weighted by Gasteiger charge is -2.09. The molecule has 1 heterocycles. The van der Waals surface area contributed by atoms with E-state index in [1.807, 2.05) is 19.4 Å². The van der Waals surface area contributed by atoms with Gasteiger partial charge in [0.1, 0.15) is 0 Å². The monoisotopic (exact) mass is 237 g/mol. The first-order valence-corrected chi connectivity index (χ1v) is 5.81. The summed E-state index contributed by atoms with van der Waals surface area (Å²) in [6, 6.07) is 4.45. The zero-order chi connectivity index (χ0) is 11.7. The molecule has 0 unspecified atom stereocenters. The van der Waals surface area contributed by atoms with Crippen molar-refractivity contribution < 1.29 is 0 Å². The van der Waals surface area contributed by atoms with E-state index in [-0.39, 0.29) is 0 Å². The number of nitrogens with one attached hydrogen (secondary N) is 1. The lowest BCUT2D eigenvalue weighted by molar-refractivity contribution is 0.617. The van der Waals surface area contributed by atoms with Gasteiger partial charge in [-0.15, -0.1) is 0 Å². The number of aromatic nitrogens is 2. The molecule has 1 aromatic carbocycles. The molecule has 2 rings (SSSR count). The van der Waals surface area contributed by atoms with Crippen molar-refractivity contribution in [3.8, 4) is 0 Å². The van der Waals surface area contributed by atoms with Gasteiger partial charge in [0.25, 0.3) is 0 Å². The molecule has 1 N–H and O–H groups in total. The Morgan fingerprint density at radius 2 is 2.19 bits per heavy atom. The molecule has 1 aromatic heterocycles. The van der Waals surface area contributed by atoms with Crippen molar-refractivity contribution in [3.05, 3.63) is 29.0 Å². The van der Waals surface area contributed by atoms with Gasteiger partial charge in [-0.25, -0.2) is 4.98 Å². The first kappa shape index (κ1) is 11.4. The molecule has 4 heteroatoms. The molecule has 0 atom stereocenters. The fraction of sp³-hybridized carbons (Fsp3) is 0.417. The number of benzene rings is 1. The fourth-order valence-electron chi connectivity index (χ4n) is 1.87. The molecule has 0 aliphatic rings. The van der Waals surface area contributed by atoms with Crippen molar-refractivity contribution in [1.82, 2.24) is 14.9 Å². The summed E-state index contributed by atoms with van der Waals surface area (Å²) in [7, 11) is 1.92. The minimum absolute atomic E-state index is 0.373. The van der Waals surface area contributed by atoms with E-state index in [0.29, 0.717) is 6.04 Å². The fourth-order valence-corrected chi connectivity index (χ4v) is 2.21. The third-order valence-electron chi connectivity index (χ3n) is 2.62. The number of rotatable bonds is 3. The summed E-state index contributed by atoms with van der Waals surface area (Å²) in [6.45, 7) is 5.06. The van der Waals surface area contributed by atoms with E-state index < -0.39 is 0 Å². The molecule has 0 saturated carbocycles. The average Bonchev–Trinajstić information content (AvgIpc) is 2.62. The van der Waals surface area contributed by atoms with E-state index >= 15 is 0 Å². The van der Waals surface area contributed by atoms with E-state index in [1.165, 1.54) is 0 Å². The molecule has 16 heavy (non-hydrogen) atoms. The summed E-state index contributed by atoms with van der Waals surface area (Å²) in [4.78, 5) is 4.39. The van der Waals surface area contributed by atoms with Gasteiger partial charge >= 0.3 is 0 Å². The van der Waals surface area contributed by atoms with Gasteiger partial charge in [-0.2, -0.15) is 0 Å². The molecular weight excluding hydrogens is 222 g/mol. The maximum absolute atomic E-state index is 6.30. The van der Waals surface area contributed by atoms with Crippen LogP contribution in [0.25, 0.3) is 11.0 Å². The minimum Gasteiger partial charge on any atom is -0.327 e. The van der Waals surface area contributed by atoms with Crippen LogP contribution in [-0.2, 0) is 6.54 Å². The standard InChI is InChI=1S/C12H16ClN3/c1-8(2)16-7-15-11-5-9(6-14-3)4-10(13)12(11)16/h4-5,7-8,14H,6H2,1-3H3. The number of imidazole rings is 1.